The summed E-state index contributed by atoms with van der Waals surface area (Å²) in [6.45, 7) is 3.32. The molecule has 2 aromatic rings. The molecule has 3 rings (SSSR count). The molecule has 0 unspecified atom stereocenters. The van der Waals surface area contributed by atoms with E-state index in [4.69, 9.17) is 11.6 Å². The molecule has 122 valence electrons. The van der Waals surface area contributed by atoms with Gasteiger partial charge in [0.25, 0.3) is 11.8 Å². The number of rotatable bonds is 3. The third kappa shape index (κ3) is 2.67. The van der Waals surface area contributed by atoms with E-state index >= 15 is 0 Å². The van der Waals surface area contributed by atoms with Crippen LogP contribution in [0.2, 0.25) is 5.02 Å². The molecule has 0 radical (unpaired) electrons. The third-order valence-electron chi connectivity index (χ3n) is 3.98. The number of carbonyl (C=O) groups is 3. The molecule has 0 atom stereocenters. The van der Waals surface area contributed by atoms with Gasteiger partial charge in [0.05, 0.1) is 23.4 Å². The Balaban J connectivity index is 2.00. The molecular weight excluding hydrogens is 328 g/mol. The summed E-state index contributed by atoms with van der Waals surface area (Å²) in [5.41, 5.74) is 2.49. The summed E-state index contributed by atoms with van der Waals surface area (Å²) in [6.07, 6.45) is 0. The molecule has 3 amide bonds. The second-order valence-electron chi connectivity index (χ2n) is 5.64. The lowest BCUT2D eigenvalue weighted by molar-refractivity contribution is -0.114. The molecule has 2 aromatic carbocycles. The van der Waals surface area contributed by atoms with Gasteiger partial charge in [-0.1, -0.05) is 29.8 Å². The Bertz CT molecular complexity index is 856. The summed E-state index contributed by atoms with van der Waals surface area (Å²) >= 11 is 6.21. The van der Waals surface area contributed by atoms with Crippen molar-refractivity contribution in [1.82, 2.24) is 4.90 Å². The second-order valence-corrected chi connectivity index (χ2v) is 6.05. The molecule has 0 saturated carbocycles. The van der Waals surface area contributed by atoms with Crippen molar-refractivity contribution in [3.05, 3.63) is 63.7 Å². The van der Waals surface area contributed by atoms with Gasteiger partial charge >= 0.3 is 0 Å². The molecule has 0 aromatic heterocycles. The van der Waals surface area contributed by atoms with Gasteiger partial charge in [0.1, 0.15) is 0 Å². The largest absolute Gasteiger partial charge is 0.326 e. The van der Waals surface area contributed by atoms with Crippen molar-refractivity contribution in [2.45, 2.75) is 20.4 Å². The van der Waals surface area contributed by atoms with Gasteiger partial charge in [0, 0.05) is 11.9 Å². The molecular formula is C18H15ClN2O3. The fourth-order valence-corrected chi connectivity index (χ4v) is 3.08. The topological polar surface area (TPSA) is 66.5 Å². The monoisotopic (exact) mass is 342 g/mol. The average Bonchev–Trinajstić information content (AvgIpc) is 2.76. The van der Waals surface area contributed by atoms with Gasteiger partial charge in [0.2, 0.25) is 5.91 Å². The zero-order valence-electron chi connectivity index (χ0n) is 13.2. The zero-order valence-corrected chi connectivity index (χ0v) is 14.0. The molecule has 5 nitrogen and oxygen atoms in total. The van der Waals surface area contributed by atoms with Crippen LogP contribution in [-0.2, 0) is 11.3 Å². The van der Waals surface area contributed by atoms with Crippen LogP contribution >= 0.6 is 11.6 Å². The Morgan fingerprint density at radius 1 is 1.12 bits per heavy atom. The molecule has 1 aliphatic heterocycles. The Morgan fingerprint density at radius 2 is 1.83 bits per heavy atom. The minimum atomic E-state index is -0.432. The van der Waals surface area contributed by atoms with Gasteiger partial charge in [-0.2, -0.15) is 0 Å². The fourth-order valence-electron chi connectivity index (χ4n) is 2.80. The number of halogens is 1. The van der Waals surface area contributed by atoms with Crippen LogP contribution < -0.4 is 5.32 Å². The van der Waals surface area contributed by atoms with Crippen LogP contribution in [0.4, 0.5) is 5.69 Å². The summed E-state index contributed by atoms with van der Waals surface area (Å²) in [6, 6.07) is 10.3. The first kappa shape index (κ1) is 16.2. The van der Waals surface area contributed by atoms with E-state index < -0.39 is 5.91 Å². The fraction of sp³-hybridized carbons (Fsp3) is 0.167. The Hall–Kier alpha value is -2.66. The van der Waals surface area contributed by atoms with Crippen molar-refractivity contribution in [2.24, 2.45) is 0 Å². The van der Waals surface area contributed by atoms with Gasteiger partial charge in [-0.3, -0.25) is 19.3 Å². The van der Waals surface area contributed by atoms with Crippen LogP contribution in [0.5, 0.6) is 0 Å². The maximum absolute atomic E-state index is 12.7. The highest BCUT2D eigenvalue weighted by Gasteiger charge is 2.38. The highest BCUT2D eigenvalue weighted by Crippen LogP contribution is 2.32. The summed E-state index contributed by atoms with van der Waals surface area (Å²) in [4.78, 5) is 37.9. The van der Waals surface area contributed by atoms with E-state index in [9.17, 15) is 14.4 Å². The predicted molar refractivity (Wildman–Crippen MR) is 91.1 cm³/mol. The lowest BCUT2D eigenvalue weighted by Crippen LogP contribution is -2.29. The van der Waals surface area contributed by atoms with Crippen LogP contribution in [0.1, 0.15) is 38.8 Å². The molecule has 1 heterocycles. The number of aryl methyl sites for hydroxylation is 1. The van der Waals surface area contributed by atoms with Crippen molar-refractivity contribution in [2.75, 3.05) is 5.32 Å². The number of amides is 3. The van der Waals surface area contributed by atoms with E-state index in [1.54, 1.807) is 24.3 Å². The van der Waals surface area contributed by atoms with Crippen LogP contribution in [0.25, 0.3) is 0 Å². The Morgan fingerprint density at radius 3 is 2.50 bits per heavy atom. The van der Waals surface area contributed by atoms with Crippen LogP contribution in [0.15, 0.2) is 36.4 Å². The smallest absolute Gasteiger partial charge is 0.263 e. The lowest BCUT2D eigenvalue weighted by atomic mass is 10.1. The quantitative estimate of drug-likeness (QED) is 0.869. The maximum atomic E-state index is 12.7. The Labute approximate surface area is 144 Å². The standard InChI is InChI=1S/C18H15ClN2O3/c1-10-5-3-7-14(19)13(10)9-21-17(23)12-6-4-8-15(20-11(2)22)16(12)18(21)24/h3-8H,9H2,1-2H3,(H,20,22). The average molecular weight is 343 g/mol. The third-order valence-corrected chi connectivity index (χ3v) is 4.33. The highest BCUT2D eigenvalue weighted by atomic mass is 35.5. The molecule has 0 bridgehead atoms. The number of fused-ring (bicyclic) bond motifs is 1. The summed E-state index contributed by atoms with van der Waals surface area (Å²) in [7, 11) is 0. The van der Waals surface area contributed by atoms with Crippen LogP contribution in [-0.4, -0.2) is 22.6 Å². The van der Waals surface area contributed by atoms with E-state index in [0.717, 1.165) is 16.0 Å². The first-order valence-electron chi connectivity index (χ1n) is 7.41. The van der Waals surface area contributed by atoms with Crippen molar-refractivity contribution < 1.29 is 14.4 Å². The van der Waals surface area contributed by atoms with Crippen LogP contribution in [0.3, 0.4) is 0 Å². The summed E-state index contributed by atoms with van der Waals surface area (Å²) < 4.78 is 0. The van der Waals surface area contributed by atoms with Crippen molar-refractivity contribution >= 4 is 35.0 Å². The maximum Gasteiger partial charge on any atom is 0.263 e. The van der Waals surface area contributed by atoms with Crippen molar-refractivity contribution in [1.29, 1.82) is 0 Å². The SMILES string of the molecule is CC(=O)Nc1cccc2c1C(=O)N(Cc1c(C)cccc1Cl)C2=O. The summed E-state index contributed by atoms with van der Waals surface area (Å²) in [5, 5.41) is 3.11. The molecule has 1 N–H and O–H groups in total. The molecule has 0 spiro atoms. The number of hydrogen-bond donors (Lipinski definition) is 1. The van der Waals surface area contributed by atoms with E-state index in [2.05, 4.69) is 5.32 Å². The first-order chi connectivity index (χ1) is 11.4. The number of imide groups is 1. The second kappa shape index (κ2) is 6.09. The number of benzene rings is 2. The normalized spacial score (nSPS) is 13.2. The van der Waals surface area contributed by atoms with Crippen molar-refractivity contribution in [3.63, 3.8) is 0 Å². The Kier molecular flexibility index (Phi) is 4.11. The first-order valence-corrected chi connectivity index (χ1v) is 7.78. The van der Waals surface area contributed by atoms with Crippen LogP contribution in [0, 0.1) is 6.92 Å². The van der Waals surface area contributed by atoms with E-state index in [0.29, 0.717) is 10.7 Å². The molecule has 0 aliphatic carbocycles. The number of hydrogen-bond acceptors (Lipinski definition) is 3. The number of carbonyl (C=O) groups excluding carboxylic acids is 3. The lowest BCUT2D eigenvalue weighted by Gasteiger charge is -2.16. The number of anilines is 1. The minimum Gasteiger partial charge on any atom is -0.326 e. The molecule has 1 aliphatic rings. The molecule has 24 heavy (non-hydrogen) atoms. The zero-order chi connectivity index (χ0) is 17.4. The van der Waals surface area contributed by atoms with E-state index in [1.807, 2.05) is 19.1 Å². The van der Waals surface area contributed by atoms with Gasteiger partial charge in [-0.25, -0.2) is 0 Å². The molecule has 0 saturated heterocycles. The highest BCUT2D eigenvalue weighted by molar-refractivity contribution is 6.31. The molecule has 0 fully saturated rings. The minimum absolute atomic E-state index is 0.0946. The van der Waals surface area contributed by atoms with E-state index in [-0.39, 0.29) is 29.5 Å². The molecule has 6 heteroatoms. The number of nitrogens with one attached hydrogen (secondary N) is 1. The van der Waals surface area contributed by atoms with Gasteiger partial charge in [0.15, 0.2) is 0 Å². The summed E-state index contributed by atoms with van der Waals surface area (Å²) in [5.74, 6) is -1.12. The number of nitrogens with zero attached hydrogens (tertiary/aromatic N) is 1. The van der Waals surface area contributed by atoms with Gasteiger partial charge < -0.3 is 5.32 Å². The van der Waals surface area contributed by atoms with E-state index in [1.165, 1.54) is 6.92 Å². The van der Waals surface area contributed by atoms with Crippen molar-refractivity contribution in [3.8, 4) is 0 Å². The van der Waals surface area contributed by atoms with Gasteiger partial charge in [-0.05, 0) is 36.2 Å². The van der Waals surface area contributed by atoms with Gasteiger partial charge in [-0.15, -0.1) is 0 Å². The predicted octanol–water partition coefficient (Wildman–Crippen LogP) is 3.40.